The van der Waals surface area contributed by atoms with E-state index in [1.54, 1.807) is 24.3 Å². The zero-order chi connectivity index (χ0) is 16.7. The van der Waals surface area contributed by atoms with Gasteiger partial charge in [-0.15, -0.1) is 6.42 Å². The molecule has 1 aromatic carbocycles. The van der Waals surface area contributed by atoms with Crippen LogP contribution in [0.5, 0.6) is 0 Å². The summed E-state index contributed by atoms with van der Waals surface area (Å²) in [6, 6.07) is 6.53. The quantitative estimate of drug-likeness (QED) is 0.474. The summed E-state index contributed by atoms with van der Waals surface area (Å²) in [6.07, 6.45) is 7.16. The first-order chi connectivity index (χ1) is 11.2. The summed E-state index contributed by atoms with van der Waals surface area (Å²) in [5.74, 6) is 2.33. The fraction of sp³-hybridized carbons (Fsp3) is 0.444. The van der Waals surface area contributed by atoms with Crippen LogP contribution in [0.2, 0.25) is 0 Å². The molecule has 1 amide bonds. The van der Waals surface area contributed by atoms with E-state index in [-0.39, 0.29) is 5.91 Å². The first-order valence-electron chi connectivity index (χ1n) is 7.64. The Labute approximate surface area is 136 Å². The molecule has 0 N–H and O–H groups in total. The summed E-state index contributed by atoms with van der Waals surface area (Å²) in [7, 11) is 1.33. The number of carbonyl (C=O) groups is 2. The van der Waals surface area contributed by atoms with Crippen molar-refractivity contribution >= 4 is 11.9 Å². The van der Waals surface area contributed by atoms with E-state index in [9.17, 15) is 9.59 Å². The van der Waals surface area contributed by atoms with Gasteiger partial charge in [0.05, 0.1) is 19.3 Å². The second-order valence-corrected chi connectivity index (χ2v) is 5.55. The number of methoxy groups -OCH3 is 1. The summed E-state index contributed by atoms with van der Waals surface area (Å²) in [4.78, 5) is 25.8. The predicted molar refractivity (Wildman–Crippen MR) is 86.1 cm³/mol. The van der Waals surface area contributed by atoms with E-state index >= 15 is 0 Å². The summed E-state index contributed by atoms with van der Waals surface area (Å²) < 4.78 is 10.0. The third-order valence-corrected chi connectivity index (χ3v) is 3.90. The highest BCUT2D eigenvalue weighted by Gasteiger charge is 2.24. The smallest absolute Gasteiger partial charge is 0.337 e. The standard InChI is InChI=1S/C18H21NO4/c1-3-11-23-13-14-5-4-10-19(12-14)17(20)15-6-8-16(9-7-15)18(21)22-2/h1,6-9,14H,4-5,10-13H2,2H3. The van der Waals surface area contributed by atoms with Crippen molar-refractivity contribution in [3.63, 3.8) is 0 Å². The van der Waals surface area contributed by atoms with Crippen LogP contribution in [-0.4, -0.2) is 50.2 Å². The average molecular weight is 315 g/mol. The maximum atomic E-state index is 12.6. The van der Waals surface area contributed by atoms with Crippen LogP contribution in [0.4, 0.5) is 0 Å². The Balaban J connectivity index is 1.96. The molecule has 1 aliphatic heterocycles. The minimum absolute atomic E-state index is 0.0249. The molecule has 1 fully saturated rings. The SMILES string of the molecule is C#CCOCC1CCCN(C(=O)c2ccc(C(=O)OC)cc2)C1. The van der Waals surface area contributed by atoms with Crippen LogP contribution in [0.1, 0.15) is 33.6 Å². The molecule has 1 aromatic rings. The van der Waals surface area contributed by atoms with E-state index in [2.05, 4.69) is 10.7 Å². The molecular formula is C18H21NO4. The van der Waals surface area contributed by atoms with Crippen LogP contribution in [0.3, 0.4) is 0 Å². The number of hydrogen-bond donors (Lipinski definition) is 0. The molecule has 5 heteroatoms. The van der Waals surface area contributed by atoms with Crippen molar-refractivity contribution in [2.45, 2.75) is 12.8 Å². The van der Waals surface area contributed by atoms with Gasteiger partial charge in [0, 0.05) is 24.6 Å². The van der Waals surface area contributed by atoms with Crippen molar-refractivity contribution in [2.24, 2.45) is 5.92 Å². The van der Waals surface area contributed by atoms with Gasteiger partial charge in [0.15, 0.2) is 0 Å². The van der Waals surface area contributed by atoms with Crippen LogP contribution in [0.15, 0.2) is 24.3 Å². The lowest BCUT2D eigenvalue weighted by Crippen LogP contribution is -2.41. The second kappa shape index (κ2) is 8.35. The normalized spacial score (nSPS) is 17.4. The average Bonchev–Trinajstić information content (AvgIpc) is 2.61. The molecule has 0 bridgehead atoms. The molecule has 122 valence electrons. The molecule has 1 aliphatic rings. The van der Waals surface area contributed by atoms with Gasteiger partial charge in [-0.05, 0) is 37.1 Å². The predicted octanol–water partition coefficient (Wildman–Crippen LogP) is 1.98. The Bertz CT molecular complexity index is 588. The number of ether oxygens (including phenoxy) is 2. The fourth-order valence-corrected chi connectivity index (χ4v) is 2.72. The number of likely N-dealkylation sites (tertiary alicyclic amines) is 1. The molecule has 0 spiro atoms. The minimum atomic E-state index is -0.410. The zero-order valence-corrected chi connectivity index (χ0v) is 13.3. The summed E-state index contributed by atoms with van der Waals surface area (Å²) in [5.41, 5.74) is 1.01. The molecule has 5 nitrogen and oxygen atoms in total. The molecular weight excluding hydrogens is 294 g/mol. The number of nitrogens with zero attached hydrogens (tertiary/aromatic N) is 1. The number of rotatable bonds is 5. The van der Waals surface area contributed by atoms with E-state index in [0.29, 0.717) is 36.8 Å². The molecule has 1 heterocycles. The third kappa shape index (κ3) is 4.57. The highest BCUT2D eigenvalue weighted by molar-refractivity contribution is 5.96. The van der Waals surface area contributed by atoms with Gasteiger partial charge in [0.2, 0.25) is 0 Å². The van der Waals surface area contributed by atoms with Crippen molar-refractivity contribution in [1.82, 2.24) is 4.90 Å². The lowest BCUT2D eigenvalue weighted by molar-refractivity contribution is 0.0532. The van der Waals surface area contributed by atoms with Crippen molar-refractivity contribution in [3.8, 4) is 12.3 Å². The summed E-state index contributed by atoms with van der Waals surface area (Å²) in [6.45, 7) is 2.29. The fourth-order valence-electron chi connectivity index (χ4n) is 2.72. The van der Waals surface area contributed by atoms with Crippen molar-refractivity contribution in [1.29, 1.82) is 0 Å². The highest BCUT2D eigenvalue weighted by atomic mass is 16.5. The lowest BCUT2D eigenvalue weighted by Gasteiger charge is -2.32. The number of hydrogen-bond acceptors (Lipinski definition) is 4. The van der Waals surface area contributed by atoms with Crippen LogP contribution >= 0.6 is 0 Å². The molecule has 0 saturated carbocycles. The number of amides is 1. The Hall–Kier alpha value is -2.32. The van der Waals surface area contributed by atoms with Crippen LogP contribution in [0, 0.1) is 18.3 Å². The van der Waals surface area contributed by atoms with Gasteiger partial charge in [-0.3, -0.25) is 4.79 Å². The molecule has 0 aliphatic carbocycles. The molecule has 1 atom stereocenters. The van der Waals surface area contributed by atoms with Gasteiger partial charge in [-0.2, -0.15) is 0 Å². The number of carbonyl (C=O) groups excluding carboxylic acids is 2. The van der Waals surface area contributed by atoms with E-state index in [0.717, 1.165) is 19.4 Å². The van der Waals surface area contributed by atoms with Gasteiger partial charge in [-0.1, -0.05) is 5.92 Å². The van der Waals surface area contributed by atoms with Gasteiger partial charge in [0.25, 0.3) is 5.91 Å². The topological polar surface area (TPSA) is 55.8 Å². The molecule has 1 unspecified atom stereocenters. The van der Waals surface area contributed by atoms with Crippen molar-refractivity contribution in [3.05, 3.63) is 35.4 Å². The van der Waals surface area contributed by atoms with Gasteiger partial charge in [-0.25, -0.2) is 4.79 Å². The Morgan fingerprint density at radius 1 is 1.30 bits per heavy atom. The maximum absolute atomic E-state index is 12.6. The first-order valence-corrected chi connectivity index (χ1v) is 7.64. The second-order valence-electron chi connectivity index (χ2n) is 5.55. The largest absolute Gasteiger partial charge is 0.465 e. The molecule has 1 saturated heterocycles. The van der Waals surface area contributed by atoms with E-state index in [4.69, 9.17) is 11.2 Å². The van der Waals surface area contributed by atoms with Crippen LogP contribution in [0.25, 0.3) is 0 Å². The number of esters is 1. The lowest BCUT2D eigenvalue weighted by atomic mass is 9.98. The van der Waals surface area contributed by atoms with E-state index < -0.39 is 5.97 Å². The van der Waals surface area contributed by atoms with Gasteiger partial charge < -0.3 is 14.4 Å². The Morgan fingerprint density at radius 3 is 2.65 bits per heavy atom. The molecule has 0 aromatic heterocycles. The molecule has 23 heavy (non-hydrogen) atoms. The van der Waals surface area contributed by atoms with Gasteiger partial charge in [0.1, 0.15) is 6.61 Å². The molecule has 2 rings (SSSR count). The van der Waals surface area contributed by atoms with Crippen LogP contribution < -0.4 is 0 Å². The molecule has 0 radical (unpaired) electrons. The first kappa shape index (κ1) is 17.0. The third-order valence-electron chi connectivity index (χ3n) is 3.90. The summed E-state index contributed by atoms with van der Waals surface area (Å²) in [5, 5.41) is 0. The maximum Gasteiger partial charge on any atom is 0.337 e. The highest BCUT2D eigenvalue weighted by Crippen LogP contribution is 2.19. The van der Waals surface area contributed by atoms with E-state index in [1.807, 2.05) is 4.90 Å². The Morgan fingerprint density at radius 2 is 2.00 bits per heavy atom. The zero-order valence-electron chi connectivity index (χ0n) is 13.3. The summed E-state index contributed by atoms with van der Waals surface area (Å²) >= 11 is 0. The van der Waals surface area contributed by atoms with Crippen molar-refractivity contribution in [2.75, 3.05) is 33.4 Å². The van der Waals surface area contributed by atoms with Crippen LogP contribution in [-0.2, 0) is 9.47 Å². The Kier molecular flexibility index (Phi) is 6.19. The monoisotopic (exact) mass is 315 g/mol. The van der Waals surface area contributed by atoms with E-state index in [1.165, 1.54) is 7.11 Å². The number of benzene rings is 1. The number of terminal acetylenes is 1. The van der Waals surface area contributed by atoms with Gasteiger partial charge >= 0.3 is 5.97 Å². The number of piperidine rings is 1. The minimum Gasteiger partial charge on any atom is -0.465 e. The van der Waals surface area contributed by atoms with Crippen molar-refractivity contribution < 1.29 is 19.1 Å².